The smallest absolute Gasteiger partial charge is 0.230 e. The first kappa shape index (κ1) is 9.64. The molecule has 1 aromatic rings. The monoisotopic (exact) mass is 182 g/mol. The van der Waals surface area contributed by atoms with E-state index in [2.05, 4.69) is 10.3 Å². The molecule has 1 heterocycles. The number of aromatic amines is 1. The minimum absolute atomic E-state index is 0.0886. The van der Waals surface area contributed by atoms with Crippen molar-refractivity contribution < 1.29 is 9.90 Å². The molecule has 72 valence electrons. The van der Waals surface area contributed by atoms with Crippen molar-refractivity contribution in [2.45, 2.75) is 20.8 Å². The summed E-state index contributed by atoms with van der Waals surface area (Å²) < 4.78 is 0. The normalized spacial score (nSPS) is 11.3. The van der Waals surface area contributed by atoms with Crippen molar-refractivity contribution in [1.29, 1.82) is 0 Å². The van der Waals surface area contributed by atoms with Crippen molar-refractivity contribution >= 4 is 11.7 Å². The topological polar surface area (TPSA) is 65.1 Å². The quantitative estimate of drug-likeness (QED) is 0.619. The summed E-state index contributed by atoms with van der Waals surface area (Å²) in [5.41, 5.74) is -0.430. The second-order valence-electron chi connectivity index (χ2n) is 3.98. The Bertz CT molecular complexity index is 310. The molecule has 0 saturated carbocycles. The van der Waals surface area contributed by atoms with Gasteiger partial charge >= 0.3 is 0 Å². The number of carbonyl (C=O) groups excluding carboxylic acids is 1. The molecule has 13 heavy (non-hydrogen) atoms. The lowest BCUT2D eigenvalue weighted by atomic mass is 9.96. The van der Waals surface area contributed by atoms with Crippen LogP contribution in [0.2, 0.25) is 0 Å². The Labute approximate surface area is 77.0 Å². The predicted molar refractivity (Wildman–Crippen MR) is 50.5 cm³/mol. The third-order valence-electron chi connectivity index (χ3n) is 1.60. The van der Waals surface area contributed by atoms with Crippen molar-refractivity contribution in [3.63, 3.8) is 0 Å². The third-order valence-corrected chi connectivity index (χ3v) is 1.60. The number of hydrogen-bond donors (Lipinski definition) is 3. The molecule has 0 aliphatic heterocycles. The molecule has 1 amide bonds. The Morgan fingerprint density at radius 2 is 2.15 bits per heavy atom. The van der Waals surface area contributed by atoms with Crippen molar-refractivity contribution in [1.82, 2.24) is 4.98 Å². The molecule has 1 rings (SSSR count). The summed E-state index contributed by atoms with van der Waals surface area (Å²) in [4.78, 5) is 14.2. The highest BCUT2D eigenvalue weighted by molar-refractivity contribution is 5.93. The van der Waals surface area contributed by atoms with Gasteiger partial charge in [-0.25, -0.2) is 0 Å². The zero-order chi connectivity index (χ0) is 10.1. The van der Waals surface area contributed by atoms with Gasteiger partial charge in [0.05, 0.1) is 0 Å². The third kappa shape index (κ3) is 2.50. The number of carbonyl (C=O) groups is 1. The maximum atomic E-state index is 11.4. The van der Waals surface area contributed by atoms with Crippen LogP contribution >= 0.6 is 0 Å². The van der Waals surface area contributed by atoms with Crippen LogP contribution in [0.4, 0.5) is 5.82 Å². The highest BCUT2D eigenvalue weighted by Gasteiger charge is 2.21. The van der Waals surface area contributed by atoms with Gasteiger partial charge in [0.15, 0.2) is 0 Å². The number of amides is 1. The molecule has 0 bridgehead atoms. The van der Waals surface area contributed by atoms with Crippen LogP contribution in [0.15, 0.2) is 12.3 Å². The van der Waals surface area contributed by atoms with Crippen molar-refractivity contribution in [2.24, 2.45) is 5.41 Å². The highest BCUT2D eigenvalue weighted by atomic mass is 16.3. The Balaban J connectivity index is 2.65. The van der Waals surface area contributed by atoms with E-state index in [1.807, 2.05) is 20.8 Å². The fraction of sp³-hybridized carbons (Fsp3) is 0.444. The van der Waals surface area contributed by atoms with E-state index >= 15 is 0 Å². The predicted octanol–water partition coefficient (Wildman–Crippen LogP) is 1.70. The van der Waals surface area contributed by atoms with Crippen LogP contribution in [0, 0.1) is 5.41 Å². The molecule has 0 fully saturated rings. The van der Waals surface area contributed by atoms with Crippen LogP contribution in [0.1, 0.15) is 20.8 Å². The lowest BCUT2D eigenvalue weighted by Gasteiger charge is -2.16. The van der Waals surface area contributed by atoms with E-state index in [0.717, 1.165) is 0 Å². The minimum Gasteiger partial charge on any atom is -0.506 e. The van der Waals surface area contributed by atoms with Gasteiger partial charge in [0.1, 0.15) is 11.6 Å². The molecule has 0 saturated heterocycles. The molecule has 0 aromatic carbocycles. The SMILES string of the molecule is CC(C)(C)C(=O)Nc1cc(O)c[nH]1. The molecule has 4 nitrogen and oxygen atoms in total. The average Bonchev–Trinajstić information content (AvgIpc) is 2.33. The summed E-state index contributed by atoms with van der Waals surface area (Å²) in [6.45, 7) is 5.47. The molecule has 1 aromatic heterocycles. The summed E-state index contributed by atoms with van der Waals surface area (Å²) in [5, 5.41) is 11.6. The summed E-state index contributed by atoms with van der Waals surface area (Å²) in [5.74, 6) is 0.538. The second kappa shape index (κ2) is 3.12. The molecule has 3 N–H and O–H groups in total. The largest absolute Gasteiger partial charge is 0.506 e. The second-order valence-corrected chi connectivity index (χ2v) is 3.98. The number of anilines is 1. The molecule has 0 aliphatic carbocycles. The van der Waals surface area contributed by atoms with Gasteiger partial charge in [-0.3, -0.25) is 4.79 Å². The van der Waals surface area contributed by atoms with E-state index in [9.17, 15) is 4.79 Å². The number of H-pyrrole nitrogens is 1. The van der Waals surface area contributed by atoms with Gasteiger partial charge in [-0.1, -0.05) is 20.8 Å². The van der Waals surface area contributed by atoms with Crippen molar-refractivity contribution in [3.8, 4) is 5.75 Å². The van der Waals surface area contributed by atoms with Crippen LogP contribution in [-0.2, 0) is 4.79 Å². The first-order valence-corrected chi connectivity index (χ1v) is 4.08. The molecular formula is C9H14N2O2. The maximum absolute atomic E-state index is 11.4. The fourth-order valence-corrected chi connectivity index (χ4v) is 0.765. The van der Waals surface area contributed by atoms with Crippen LogP contribution in [0.3, 0.4) is 0 Å². The van der Waals surface area contributed by atoms with Crippen molar-refractivity contribution in [3.05, 3.63) is 12.3 Å². The first-order valence-electron chi connectivity index (χ1n) is 4.08. The van der Waals surface area contributed by atoms with E-state index in [4.69, 9.17) is 5.11 Å². The molecular weight excluding hydrogens is 168 g/mol. The fourth-order valence-electron chi connectivity index (χ4n) is 0.765. The van der Waals surface area contributed by atoms with Crippen LogP contribution in [0.5, 0.6) is 5.75 Å². The number of hydrogen-bond acceptors (Lipinski definition) is 2. The van der Waals surface area contributed by atoms with Gasteiger partial charge in [0.2, 0.25) is 5.91 Å². The molecule has 0 radical (unpaired) electrons. The highest BCUT2D eigenvalue weighted by Crippen LogP contribution is 2.19. The molecule has 0 unspecified atom stereocenters. The molecule has 0 aliphatic rings. The maximum Gasteiger partial charge on any atom is 0.230 e. The molecule has 0 atom stereocenters. The average molecular weight is 182 g/mol. The number of nitrogens with one attached hydrogen (secondary N) is 2. The standard InChI is InChI=1S/C9H14N2O2/c1-9(2,3)8(13)11-7-4-6(12)5-10-7/h4-5,10,12H,1-3H3,(H,11,13). The van der Waals surface area contributed by atoms with Crippen LogP contribution in [0.25, 0.3) is 0 Å². The Morgan fingerprint density at radius 1 is 1.54 bits per heavy atom. The van der Waals surface area contributed by atoms with Gasteiger partial charge in [-0.15, -0.1) is 0 Å². The van der Waals surface area contributed by atoms with Gasteiger partial charge < -0.3 is 15.4 Å². The van der Waals surface area contributed by atoms with Gasteiger partial charge in [-0.05, 0) is 0 Å². The lowest BCUT2D eigenvalue weighted by Crippen LogP contribution is -2.27. The molecule has 4 heteroatoms. The zero-order valence-corrected chi connectivity index (χ0v) is 8.01. The molecule has 0 spiro atoms. The van der Waals surface area contributed by atoms with Gasteiger partial charge in [0, 0.05) is 17.7 Å². The van der Waals surface area contributed by atoms with E-state index in [-0.39, 0.29) is 11.7 Å². The number of aromatic nitrogens is 1. The van der Waals surface area contributed by atoms with E-state index in [1.165, 1.54) is 12.3 Å². The summed E-state index contributed by atoms with van der Waals surface area (Å²) >= 11 is 0. The zero-order valence-electron chi connectivity index (χ0n) is 8.01. The van der Waals surface area contributed by atoms with Crippen molar-refractivity contribution in [2.75, 3.05) is 5.32 Å². The summed E-state index contributed by atoms with van der Waals surface area (Å²) in [6, 6.07) is 1.46. The lowest BCUT2D eigenvalue weighted by molar-refractivity contribution is -0.123. The number of aromatic hydroxyl groups is 1. The Hall–Kier alpha value is -1.45. The minimum atomic E-state index is -0.430. The Morgan fingerprint density at radius 3 is 2.54 bits per heavy atom. The first-order chi connectivity index (χ1) is 5.89. The van der Waals surface area contributed by atoms with E-state index in [1.54, 1.807) is 0 Å². The van der Waals surface area contributed by atoms with Gasteiger partial charge in [-0.2, -0.15) is 0 Å². The summed E-state index contributed by atoms with van der Waals surface area (Å²) in [6.07, 6.45) is 1.41. The van der Waals surface area contributed by atoms with Crippen LogP contribution < -0.4 is 5.32 Å². The van der Waals surface area contributed by atoms with Gasteiger partial charge in [0.25, 0.3) is 0 Å². The Kier molecular flexibility index (Phi) is 2.32. The summed E-state index contributed by atoms with van der Waals surface area (Å²) in [7, 11) is 0. The van der Waals surface area contributed by atoms with E-state index in [0.29, 0.717) is 5.82 Å². The van der Waals surface area contributed by atoms with Crippen LogP contribution in [-0.4, -0.2) is 16.0 Å². The number of rotatable bonds is 1. The van der Waals surface area contributed by atoms with E-state index < -0.39 is 5.41 Å².